The standard InChI is InChI=1S/C20H23N3O3S2/c21-28(25,26)18-3-1-2-17(12-18)27-16-6-4-15(5-7-16)20(24)22-19-13-23-10-8-14(19)9-11-23/h1-7,12,14,19H,8-11,13H2,(H,22,24)(H2,21,25,26). The quantitative estimate of drug-likeness (QED) is 0.779. The zero-order valence-electron chi connectivity index (χ0n) is 15.4. The van der Waals surface area contributed by atoms with Crippen molar-refractivity contribution in [1.29, 1.82) is 0 Å². The van der Waals surface area contributed by atoms with E-state index in [-0.39, 0.29) is 16.8 Å². The van der Waals surface area contributed by atoms with Gasteiger partial charge in [0, 0.05) is 27.9 Å². The van der Waals surface area contributed by atoms with Crippen molar-refractivity contribution in [3.63, 3.8) is 0 Å². The average molecular weight is 418 g/mol. The lowest BCUT2D eigenvalue weighted by Crippen LogP contribution is -2.57. The second kappa shape index (κ2) is 7.87. The number of sulfonamides is 1. The first-order valence-corrected chi connectivity index (χ1v) is 11.7. The van der Waals surface area contributed by atoms with E-state index >= 15 is 0 Å². The van der Waals surface area contributed by atoms with Crippen LogP contribution in [0.5, 0.6) is 0 Å². The fraction of sp³-hybridized carbons (Fsp3) is 0.350. The van der Waals surface area contributed by atoms with Crippen LogP contribution in [0.2, 0.25) is 0 Å². The molecule has 3 saturated heterocycles. The highest BCUT2D eigenvalue weighted by atomic mass is 32.2. The van der Waals surface area contributed by atoms with Gasteiger partial charge in [0.2, 0.25) is 10.0 Å². The van der Waals surface area contributed by atoms with Crippen LogP contribution in [0.3, 0.4) is 0 Å². The molecule has 0 radical (unpaired) electrons. The van der Waals surface area contributed by atoms with Crippen LogP contribution in [-0.4, -0.2) is 44.9 Å². The Labute approximate surface area is 169 Å². The molecule has 3 aliphatic heterocycles. The number of benzene rings is 2. The van der Waals surface area contributed by atoms with Gasteiger partial charge in [-0.05, 0) is 74.3 Å². The number of nitrogens with zero attached hydrogens (tertiary/aromatic N) is 1. The molecule has 3 aliphatic rings. The molecule has 6 nitrogen and oxygen atoms in total. The van der Waals surface area contributed by atoms with Crippen molar-refractivity contribution >= 4 is 27.7 Å². The summed E-state index contributed by atoms with van der Waals surface area (Å²) in [5.41, 5.74) is 0.638. The van der Waals surface area contributed by atoms with Gasteiger partial charge in [-0.3, -0.25) is 4.79 Å². The van der Waals surface area contributed by atoms with Crippen LogP contribution >= 0.6 is 11.8 Å². The van der Waals surface area contributed by atoms with Gasteiger partial charge in [-0.25, -0.2) is 13.6 Å². The van der Waals surface area contributed by atoms with Gasteiger partial charge in [0.15, 0.2) is 0 Å². The van der Waals surface area contributed by atoms with Gasteiger partial charge >= 0.3 is 0 Å². The molecular weight excluding hydrogens is 394 g/mol. The summed E-state index contributed by atoms with van der Waals surface area (Å²) in [5, 5.41) is 8.38. The highest BCUT2D eigenvalue weighted by molar-refractivity contribution is 7.99. The van der Waals surface area contributed by atoms with Crippen LogP contribution in [-0.2, 0) is 10.0 Å². The predicted molar refractivity (Wildman–Crippen MR) is 109 cm³/mol. The topological polar surface area (TPSA) is 92.5 Å². The molecule has 1 amide bonds. The third-order valence-electron chi connectivity index (χ3n) is 5.46. The summed E-state index contributed by atoms with van der Waals surface area (Å²) in [4.78, 5) is 16.8. The third-order valence-corrected chi connectivity index (χ3v) is 7.37. The zero-order chi connectivity index (χ0) is 19.7. The maximum Gasteiger partial charge on any atom is 0.251 e. The third kappa shape index (κ3) is 4.41. The van der Waals surface area contributed by atoms with Crippen molar-refractivity contribution in [3.05, 3.63) is 54.1 Å². The second-order valence-corrected chi connectivity index (χ2v) is 10.1. The van der Waals surface area contributed by atoms with Crippen molar-refractivity contribution in [2.24, 2.45) is 11.1 Å². The largest absolute Gasteiger partial charge is 0.348 e. The number of fused-ring (bicyclic) bond motifs is 3. The lowest BCUT2D eigenvalue weighted by atomic mass is 9.84. The van der Waals surface area contributed by atoms with Crippen molar-refractivity contribution in [2.45, 2.75) is 33.6 Å². The highest BCUT2D eigenvalue weighted by Gasteiger charge is 2.34. The van der Waals surface area contributed by atoms with Crippen molar-refractivity contribution in [2.75, 3.05) is 19.6 Å². The first-order valence-electron chi connectivity index (χ1n) is 9.32. The average Bonchev–Trinajstić information content (AvgIpc) is 2.69. The molecule has 2 bridgehead atoms. The van der Waals surface area contributed by atoms with Crippen LogP contribution in [0.4, 0.5) is 0 Å². The molecule has 0 aliphatic carbocycles. The van der Waals surface area contributed by atoms with Gasteiger partial charge in [-0.2, -0.15) is 0 Å². The Morgan fingerprint density at radius 2 is 1.79 bits per heavy atom. The Kier molecular flexibility index (Phi) is 5.46. The number of carbonyl (C=O) groups is 1. The molecule has 28 heavy (non-hydrogen) atoms. The van der Waals surface area contributed by atoms with Gasteiger partial charge in [0.25, 0.3) is 5.91 Å². The predicted octanol–water partition coefficient (Wildman–Crippen LogP) is 2.31. The molecule has 0 aromatic heterocycles. The second-order valence-electron chi connectivity index (χ2n) is 7.36. The van der Waals surface area contributed by atoms with Crippen LogP contribution < -0.4 is 10.5 Å². The summed E-state index contributed by atoms with van der Waals surface area (Å²) >= 11 is 1.43. The van der Waals surface area contributed by atoms with Crippen molar-refractivity contribution < 1.29 is 13.2 Å². The van der Waals surface area contributed by atoms with Crippen molar-refractivity contribution in [3.8, 4) is 0 Å². The van der Waals surface area contributed by atoms with E-state index in [0.29, 0.717) is 11.5 Å². The number of carbonyl (C=O) groups excluding carboxylic acids is 1. The Morgan fingerprint density at radius 3 is 2.39 bits per heavy atom. The smallest absolute Gasteiger partial charge is 0.251 e. The van der Waals surface area contributed by atoms with Crippen LogP contribution in [0.25, 0.3) is 0 Å². The van der Waals surface area contributed by atoms with E-state index in [1.165, 1.54) is 17.8 Å². The minimum Gasteiger partial charge on any atom is -0.348 e. The molecule has 2 aromatic carbocycles. The molecule has 1 atom stereocenters. The summed E-state index contributed by atoms with van der Waals surface area (Å²) in [6, 6.07) is 14.1. The van der Waals surface area contributed by atoms with E-state index in [9.17, 15) is 13.2 Å². The first kappa shape index (κ1) is 19.4. The van der Waals surface area contributed by atoms with Crippen LogP contribution in [0.1, 0.15) is 23.2 Å². The number of amides is 1. The summed E-state index contributed by atoms with van der Waals surface area (Å²) in [7, 11) is -3.72. The van der Waals surface area contributed by atoms with Crippen LogP contribution in [0.15, 0.2) is 63.2 Å². The molecule has 2 aromatic rings. The van der Waals surface area contributed by atoms with E-state index < -0.39 is 10.0 Å². The Bertz CT molecular complexity index is 968. The molecule has 3 N–H and O–H groups in total. The van der Waals surface area contributed by atoms with Gasteiger partial charge in [0.05, 0.1) is 4.90 Å². The minimum atomic E-state index is -3.72. The lowest BCUT2D eigenvalue weighted by molar-refractivity contribution is 0.0620. The fourth-order valence-corrected chi connectivity index (χ4v) is 5.42. The maximum absolute atomic E-state index is 12.6. The van der Waals surface area contributed by atoms with E-state index in [2.05, 4.69) is 10.2 Å². The molecule has 5 rings (SSSR count). The molecular formula is C20H23N3O3S2. The number of hydrogen-bond acceptors (Lipinski definition) is 5. The summed E-state index contributed by atoms with van der Waals surface area (Å²) in [5.74, 6) is 0.557. The maximum atomic E-state index is 12.6. The fourth-order valence-electron chi connectivity index (χ4n) is 3.91. The number of rotatable bonds is 5. The Balaban J connectivity index is 1.40. The molecule has 148 valence electrons. The summed E-state index contributed by atoms with van der Waals surface area (Å²) in [6.07, 6.45) is 2.33. The molecule has 1 unspecified atom stereocenters. The van der Waals surface area contributed by atoms with E-state index in [0.717, 1.165) is 42.3 Å². The Hall–Kier alpha value is -1.87. The molecule has 0 spiro atoms. The minimum absolute atomic E-state index is 0.0356. The highest BCUT2D eigenvalue weighted by Crippen LogP contribution is 2.30. The number of primary sulfonamides is 1. The van der Waals surface area contributed by atoms with Gasteiger partial charge in [-0.1, -0.05) is 17.8 Å². The van der Waals surface area contributed by atoms with Crippen molar-refractivity contribution in [1.82, 2.24) is 10.2 Å². The van der Waals surface area contributed by atoms with E-state index in [4.69, 9.17) is 5.14 Å². The number of nitrogens with one attached hydrogen (secondary N) is 1. The first-order chi connectivity index (χ1) is 13.4. The lowest BCUT2D eigenvalue weighted by Gasteiger charge is -2.44. The summed E-state index contributed by atoms with van der Waals surface area (Å²) < 4.78 is 23.0. The van der Waals surface area contributed by atoms with E-state index in [1.54, 1.807) is 12.1 Å². The normalized spacial score (nSPS) is 24.1. The Morgan fingerprint density at radius 1 is 1.07 bits per heavy atom. The monoisotopic (exact) mass is 417 g/mol. The zero-order valence-corrected chi connectivity index (χ0v) is 17.0. The van der Waals surface area contributed by atoms with Gasteiger partial charge < -0.3 is 10.2 Å². The summed E-state index contributed by atoms with van der Waals surface area (Å²) in [6.45, 7) is 3.25. The van der Waals surface area contributed by atoms with Gasteiger partial charge in [-0.15, -0.1) is 0 Å². The molecule has 3 heterocycles. The van der Waals surface area contributed by atoms with Crippen LogP contribution in [0, 0.1) is 5.92 Å². The molecule has 0 saturated carbocycles. The number of nitrogens with two attached hydrogens (primary N) is 1. The SMILES string of the molecule is NS(=O)(=O)c1cccc(Sc2ccc(C(=O)NC3CN4CCC3CC4)cc2)c1. The number of piperidine rings is 3. The van der Waals surface area contributed by atoms with Gasteiger partial charge in [0.1, 0.15) is 0 Å². The molecule has 8 heteroatoms. The van der Waals surface area contributed by atoms with E-state index in [1.807, 2.05) is 30.3 Å². The number of hydrogen-bond donors (Lipinski definition) is 2. The molecule has 3 fully saturated rings.